The Labute approximate surface area is 106 Å². The summed E-state index contributed by atoms with van der Waals surface area (Å²) in [6.07, 6.45) is 0. The molecule has 100 valence electrons. The highest BCUT2D eigenvalue weighted by molar-refractivity contribution is 5.71. The topological polar surface area (TPSA) is 75.8 Å². The van der Waals surface area contributed by atoms with Crippen LogP contribution in [0.15, 0.2) is 4.42 Å². The van der Waals surface area contributed by atoms with E-state index >= 15 is 0 Å². The third kappa shape index (κ3) is 2.54. The van der Waals surface area contributed by atoms with Gasteiger partial charge in [0.05, 0.1) is 31.4 Å². The highest BCUT2D eigenvalue weighted by atomic mass is 16.5. The highest BCUT2D eigenvalue weighted by Crippen LogP contribution is 2.21. The van der Waals surface area contributed by atoms with Crippen molar-refractivity contribution in [1.29, 1.82) is 0 Å². The fraction of sp³-hybridized carbons (Fsp3) is 0.667. The first-order chi connectivity index (χ1) is 8.49. The van der Waals surface area contributed by atoms with Crippen LogP contribution in [0.2, 0.25) is 0 Å². The second-order valence-corrected chi connectivity index (χ2v) is 4.71. The van der Waals surface area contributed by atoms with Crippen LogP contribution in [0.25, 0.3) is 0 Å². The highest BCUT2D eigenvalue weighted by Gasteiger charge is 2.36. The van der Waals surface area contributed by atoms with Gasteiger partial charge in [0.25, 0.3) is 0 Å². The zero-order chi connectivity index (χ0) is 13.3. The molecule has 1 N–H and O–H groups in total. The third-order valence-electron chi connectivity index (χ3n) is 3.39. The van der Waals surface area contributed by atoms with Crippen molar-refractivity contribution < 1.29 is 19.1 Å². The number of likely N-dealkylation sites (N-methyl/N-ethyl adjacent to an activating group) is 1. The predicted octanol–water partition coefficient (Wildman–Crippen LogP) is 0.823. The summed E-state index contributed by atoms with van der Waals surface area (Å²) in [5, 5.41) is 9.10. The minimum absolute atomic E-state index is 0.130. The van der Waals surface area contributed by atoms with Crippen LogP contribution >= 0.6 is 0 Å². The number of carbonyl (C=O) groups is 1. The average molecular weight is 254 g/mol. The first-order valence-corrected chi connectivity index (χ1v) is 5.92. The van der Waals surface area contributed by atoms with Crippen molar-refractivity contribution >= 4 is 5.97 Å². The number of rotatable bonds is 4. The SMILES string of the molecule is Cc1nc(CN(C)C2COCC2C(=O)O)oc1C. The smallest absolute Gasteiger partial charge is 0.310 e. The molecule has 6 nitrogen and oxygen atoms in total. The number of ether oxygens (including phenoxy) is 1. The summed E-state index contributed by atoms with van der Waals surface area (Å²) in [7, 11) is 1.87. The van der Waals surface area contributed by atoms with Crippen molar-refractivity contribution in [3.8, 4) is 0 Å². The number of hydrogen-bond acceptors (Lipinski definition) is 5. The molecule has 0 aromatic carbocycles. The van der Waals surface area contributed by atoms with Gasteiger partial charge in [0.15, 0.2) is 0 Å². The Morgan fingerprint density at radius 1 is 1.50 bits per heavy atom. The van der Waals surface area contributed by atoms with Crippen molar-refractivity contribution in [2.45, 2.75) is 26.4 Å². The van der Waals surface area contributed by atoms with Gasteiger partial charge in [0, 0.05) is 6.04 Å². The molecule has 0 spiro atoms. The molecule has 1 fully saturated rings. The van der Waals surface area contributed by atoms with Gasteiger partial charge < -0.3 is 14.3 Å². The number of aryl methyl sites for hydroxylation is 2. The number of carboxylic acid groups (broad SMARTS) is 1. The first kappa shape index (κ1) is 13.0. The van der Waals surface area contributed by atoms with Gasteiger partial charge in [0.2, 0.25) is 5.89 Å². The van der Waals surface area contributed by atoms with E-state index in [1.807, 2.05) is 25.8 Å². The lowest BCUT2D eigenvalue weighted by Crippen LogP contribution is -2.40. The molecule has 2 rings (SSSR count). The Morgan fingerprint density at radius 3 is 2.78 bits per heavy atom. The predicted molar refractivity (Wildman–Crippen MR) is 63.2 cm³/mol. The maximum Gasteiger partial charge on any atom is 0.310 e. The molecule has 0 radical (unpaired) electrons. The Balaban J connectivity index is 2.03. The van der Waals surface area contributed by atoms with Gasteiger partial charge in [-0.05, 0) is 20.9 Å². The van der Waals surface area contributed by atoms with Crippen LogP contribution < -0.4 is 0 Å². The molecule has 1 aromatic heterocycles. The lowest BCUT2D eigenvalue weighted by atomic mass is 10.0. The quantitative estimate of drug-likeness (QED) is 0.857. The van der Waals surface area contributed by atoms with E-state index in [1.165, 1.54) is 0 Å². The summed E-state index contributed by atoms with van der Waals surface area (Å²) in [5.41, 5.74) is 0.871. The fourth-order valence-corrected chi connectivity index (χ4v) is 2.15. The average Bonchev–Trinajstić information content (AvgIpc) is 2.86. The van der Waals surface area contributed by atoms with Gasteiger partial charge >= 0.3 is 5.97 Å². The summed E-state index contributed by atoms with van der Waals surface area (Å²) in [4.78, 5) is 17.3. The zero-order valence-electron chi connectivity index (χ0n) is 10.8. The molecule has 18 heavy (non-hydrogen) atoms. The molecule has 0 saturated carbocycles. The Bertz CT molecular complexity index is 424. The van der Waals surface area contributed by atoms with E-state index in [-0.39, 0.29) is 12.6 Å². The van der Waals surface area contributed by atoms with Gasteiger partial charge in [-0.1, -0.05) is 0 Å². The molecule has 6 heteroatoms. The molecular weight excluding hydrogens is 236 g/mol. The van der Waals surface area contributed by atoms with Crippen LogP contribution in [-0.2, 0) is 16.1 Å². The van der Waals surface area contributed by atoms with Gasteiger partial charge in [0.1, 0.15) is 5.76 Å². The van der Waals surface area contributed by atoms with Crippen LogP contribution in [0, 0.1) is 19.8 Å². The van der Waals surface area contributed by atoms with E-state index in [9.17, 15) is 4.79 Å². The molecule has 1 aliphatic heterocycles. The molecule has 0 aliphatic carbocycles. The van der Waals surface area contributed by atoms with Gasteiger partial charge in [-0.15, -0.1) is 0 Å². The van der Waals surface area contributed by atoms with Crippen molar-refractivity contribution in [2.75, 3.05) is 20.3 Å². The summed E-state index contributed by atoms with van der Waals surface area (Å²) in [5.74, 6) is 0.121. The van der Waals surface area contributed by atoms with E-state index in [4.69, 9.17) is 14.3 Å². The molecular formula is C12H18N2O4. The van der Waals surface area contributed by atoms with Crippen molar-refractivity contribution in [3.05, 3.63) is 17.3 Å². The molecule has 1 aromatic rings. The second-order valence-electron chi connectivity index (χ2n) is 4.71. The van der Waals surface area contributed by atoms with Crippen molar-refractivity contribution in [2.24, 2.45) is 5.92 Å². The van der Waals surface area contributed by atoms with E-state index < -0.39 is 11.9 Å². The van der Waals surface area contributed by atoms with Crippen LogP contribution in [-0.4, -0.2) is 47.3 Å². The largest absolute Gasteiger partial charge is 0.481 e. The molecule has 1 aliphatic rings. The standard InChI is InChI=1S/C12H18N2O4/c1-7-8(2)18-11(13-7)4-14(3)10-6-17-5-9(10)12(15)16/h9-10H,4-6H2,1-3H3,(H,15,16). The first-order valence-electron chi connectivity index (χ1n) is 5.92. The number of aliphatic carboxylic acids is 1. The number of oxazole rings is 1. The van der Waals surface area contributed by atoms with Crippen molar-refractivity contribution in [3.63, 3.8) is 0 Å². The zero-order valence-corrected chi connectivity index (χ0v) is 10.8. The van der Waals surface area contributed by atoms with Crippen LogP contribution in [0.5, 0.6) is 0 Å². The minimum Gasteiger partial charge on any atom is -0.481 e. The van der Waals surface area contributed by atoms with Gasteiger partial charge in [-0.25, -0.2) is 4.98 Å². The maximum absolute atomic E-state index is 11.1. The fourth-order valence-electron chi connectivity index (χ4n) is 2.15. The summed E-state index contributed by atoms with van der Waals surface area (Å²) in [6, 6.07) is -0.130. The van der Waals surface area contributed by atoms with Crippen LogP contribution in [0.1, 0.15) is 17.3 Å². The number of carboxylic acids is 1. The summed E-state index contributed by atoms with van der Waals surface area (Å²) >= 11 is 0. The van der Waals surface area contributed by atoms with E-state index in [0.29, 0.717) is 19.0 Å². The number of hydrogen-bond donors (Lipinski definition) is 1. The summed E-state index contributed by atoms with van der Waals surface area (Å²) < 4.78 is 10.7. The Hall–Kier alpha value is -1.40. The van der Waals surface area contributed by atoms with E-state index in [0.717, 1.165) is 11.5 Å². The van der Waals surface area contributed by atoms with Crippen LogP contribution in [0.3, 0.4) is 0 Å². The molecule has 2 heterocycles. The lowest BCUT2D eigenvalue weighted by Gasteiger charge is -2.24. The Morgan fingerprint density at radius 2 is 2.22 bits per heavy atom. The summed E-state index contributed by atoms with van der Waals surface area (Å²) in [6.45, 7) is 4.96. The van der Waals surface area contributed by atoms with Crippen molar-refractivity contribution in [1.82, 2.24) is 9.88 Å². The lowest BCUT2D eigenvalue weighted by molar-refractivity contribution is -0.143. The maximum atomic E-state index is 11.1. The monoisotopic (exact) mass is 254 g/mol. The second kappa shape index (κ2) is 5.07. The molecule has 0 amide bonds. The minimum atomic E-state index is -0.816. The van der Waals surface area contributed by atoms with Gasteiger partial charge in [-0.2, -0.15) is 0 Å². The Kier molecular flexibility index (Phi) is 3.68. The molecule has 1 saturated heterocycles. The van der Waals surface area contributed by atoms with Crippen LogP contribution in [0.4, 0.5) is 0 Å². The molecule has 0 bridgehead atoms. The number of aromatic nitrogens is 1. The third-order valence-corrected chi connectivity index (χ3v) is 3.39. The van der Waals surface area contributed by atoms with E-state index in [1.54, 1.807) is 0 Å². The normalized spacial score (nSPS) is 23.8. The number of nitrogens with zero attached hydrogens (tertiary/aromatic N) is 2. The molecule has 2 unspecified atom stereocenters. The molecule has 2 atom stereocenters. The van der Waals surface area contributed by atoms with Gasteiger partial charge in [-0.3, -0.25) is 9.69 Å². The van der Waals surface area contributed by atoms with E-state index in [2.05, 4.69) is 4.98 Å².